The lowest BCUT2D eigenvalue weighted by Crippen LogP contribution is -2.29. The van der Waals surface area contributed by atoms with Crippen molar-refractivity contribution in [2.75, 3.05) is 5.32 Å². The first kappa shape index (κ1) is 18.5. The monoisotopic (exact) mass is 424 g/mol. The number of aromatic nitrogens is 1. The first-order chi connectivity index (χ1) is 14.0. The normalized spacial score (nSPS) is 20.9. The van der Waals surface area contributed by atoms with Crippen LogP contribution in [0.4, 0.5) is 5.88 Å². The second-order valence-corrected chi connectivity index (χ2v) is 8.41. The number of allylic oxidation sites excluding steroid dienone is 2. The van der Waals surface area contributed by atoms with Crippen molar-refractivity contribution >= 4 is 34.9 Å². The molecule has 1 aliphatic heterocycles. The van der Waals surface area contributed by atoms with Crippen molar-refractivity contribution in [1.29, 1.82) is 0 Å². The number of carbonyl (C=O) groups is 1. The Labute approximate surface area is 178 Å². The van der Waals surface area contributed by atoms with Gasteiger partial charge in [0.1, 0.15) is 0 Å². The minimum Gasteiger partial charge on any atom is -0.338 e. The standard InChI is InChI=1S/C23H18Cl2N2O2/c1-12-20-21(16-8-7-15(24)11-17(16)25)22-18(26-23(20)29-27-12)9-14(10-19(22)28)13-5-3-2-4-6-13/h2-8,11,14,21,26H,9-10H2,1H3/t14-,21-/m0/s1. The summed E-state index contributed by atoms with van der Waals surface area (Å²) in [6, 6.07) is 15.5. The van der Waals surface area contributed by atoms with Crippen LogP contribution in [-0.4, -0.2) is 10.9 Å². The van der Waals surface area contributed by atoms with Gasteiger partial charge in [0.2, 0.25) is 5.88 Å². The third-order valence-electron chi connectivity index (χ3n) is 5.80. The van der Waals surface area contributed by atoms with Crippen molar-refractivity contribution in [2.45, 2.75) is 31.6 Å². The highest BCUT2D eigenvalue weighted by Gasteiger charge is 2.41. The SMILES string of the molecule is Cc1noc2c1[C@H](c1ccc(Cl)cc1Cl)C1=C(C[C@H](c3ccccc3)CC1=O)N2. The molecule has 2 aliphatic rings. The highest BCUT2D eigenvalue weighted by molar-refractivity contribution is 6.35. The van der Waals surface area contributed by atoms with Crippen LogP contribution in [0.5, 0.6) is 0 Å². The van der Waals surface area contributed by atoms with E-state index in [-0.39, 0.29) is 17.6 Å². The number of nitrogens with zero attached hydrogens (tertiary/aromatic N) is 1. The molecule has 5 rings (SSSR count). The van der Waals surface area contributed by atoms with E-state index in [2.05, 4.69) is 22.6 Å². The highest BCUT2D eigenvalue weighted by Crippen LogP contribution is 2.50. The summed E-state index contributed by atoms with van der Waals surface area (Å²) in [5.74, 6) is 0.511. The summed E-state index contributed by atoms with van der Waals surface area (Å²) in [7, 11) is 0. The lowest BCUT2D eigenvalue weighted by molar-refractivity contribution is -0.116. The van der Waals surface area contributed by atoms with Gasteiger partial charge in [0.15, 0.2) is 5.78 Å². The van der Waals surface area contributed by atoms with Gasteiger partial charge in [-0.3, -0.25) is 4.79 Å². The number of anilines is 1. The van der Waals surface area contributed by atoms with Gasteiger partial charge in [0, 0.05) is 33.7 Å². The van der Waals surface area contributed by atoms with Gasteiger partial charge < -0.3 is 9.84 Å². The Hall–Kier alpha value is -2.56. The molecule has 0 fully saturated rings. The number of ketones is 1. The van der Waals surface area contributed by atoms with Crippen molar-refractivity contribution in [3.05, 3.63) is 92.2 Å². The summed E-state index contributed by atoms with van der Waals surface area (Å²) >= 11 is 12.7. The molecular weight excluding hydrogens is 407 g/mol. The quantitative estimate of drug-likeness (QED) is 0.528. The number of benzene rings is 2. The van der Waals surface area contributed by atoms with Crippen molar-refractivity contribution in [3.63, 3.8) is 0 Å². The molecule has 1 aliphatic carbocycles. The van der Waals surface area contributed by atoms with E-state index in [1.165, 1.54) is 0 Å². The van der Waals surface area contributed by atoms with Gasteiger partial charge in [-0.15, -0.1) is 0 Å². The number of nitrogens with one attached hydrogen (secondary N) is 1. The van der Waals surface area contributed by atoms with Crippen LogP contribution < -0.4 is 5.32 Å². The molecule has 1 N–H and O–H groups in total. The van der Waals surface area contributed by atoms with Crippen molar-refractivity contribution in [3.8, 4) is 0 Å². The van der Waals surface area contributed by atoms with Crippen LogP contribution in [0, 0.1) is 6.92 Å². The van der Waals surface area contributed by atoms with Gasteiger partial charge in [-0.2, -0.15) is 0 Å². The fourth-order valence-corrected chi connectivity index (χ4v) is 5.00. The summed E-state index contributed by atoms with van der Waals surface area (Å²) in [5.41, 5.74) is 5.24. The molecule has 29 heavy (non-hydrogen) atoms. The van der Waals surface area contributed by atoms with Gasteiger partial charge >= 0.3 is 0 Å². The summed E-state index contributed by atoms with van der Waals surface area (Å²) in [6.45, 7) is 1.88. The average Bonchev–Trinajstić information content (AvgIpc) is 3.08. The van der Waals surface area contributed by atoms with Gasteiger partial charge in [0.05, 0.1) is 11.3 Å². The minimum absolute atomic E-state index is 0.120. The zero-order valence-corrected chi connectivity index (χ0v) is 17.2. The second kappa shape index (κ2) is 7.05. The number of aryl methyl sites for hydroxylation is 1. The maximum Gasteiger partial charge on any atom is 0.233 e. The lowest BCUT2D eigenvalue weighted by Gasteiger charge is -2.34. The molecule has 0 bridgehead atoms. The molecule has 6 heteroatoms. The molecule has 0 saturated heterocycles. The fraction of sp³-hybridized carbons (Fsp3) is 0.217. The van der Waals surface area contributed by atoms with Crippen LogP contribution in [0.25, 0.3) is 0 Å². The first-order valence-electron chi connectivity index (χ1n) is 9.52. The Bertz CT molecular complexity index is 1150. The predicted molar refractivity (Wildman–Crippen MR) is 114 cm³/mol. The molecular formula is C23H18Cl2N2O2. The average molecular weight is 425 g/mol. The van der Waals surface area contributed by atoms with E-state index in [9.17, 15) is 4.79 Å². The zero-order valence-electron chi connectivity index (χ0n) is 15.7. The molecule has 4 nitrogen and oxygen atoms in total. The molecule has 2 aromatic carbocycles. The molecule has 146 valence electrons. The predicted octanol–water partition coefficient (Wildman–Crippen LogP) is 6.25. The molecule has 0 radical (unpaired) electrons. The number of hydrogen-bond donors (Lipinski definition) is 1. The van der Waals surface area contributed by atoms with E-state index >= 15 is 0 Å². The molecule has 3 aromatic rings. The van der Waals surface area contributed by atoms with E-state index in [4.69, 9.17) is 27.7 Å². The van der Waals surface area contributed by atoms with Gasteiger partial charge in [-0.1, -0.05) is 64.8 Å². The molecule has 0 amide bonds. The van der Waals surface area contributed by atoms with Crippen LogP contribution in [0.2, 0.25) is 10.0 Å². The lowest BCUT2D eigenvalue weighted by atomic mass is 9.72. The van der Waals surface area contributed by atoms with E-state index in [0.29, 0.717) is 22.4 Å². The molecule has 1 aromatic heterocycles. The molecule has 0 spiro atoms. The zero-order chi connectivity index (χ0) is 20.1. The Morgan fingerprint density at radius 2 is 1.90 bits per heavy atom. The van der Waals surface area contributed by atoms with E-state index in [1.54, 1.807) is 12.1 Å². The smallest absolute Gasteiger partial charge is 0.233 e. The fourth-order valence-electron chi connectivity index (χ4n) is 4.48. The van der Waals surface area contributed by atoms with E-state index in [0.717, 1.165) is 40.1 Å². The van der Waals surface area contributed by atoms with Crippen LogP contribution in [-0.2, 0) is 4.79 Å². The van der Waals surface area contributed by atoms with E-state index < -0.39 is 0 Å². The topological polar surface area (TPSA) is 55.1 Å². The number of carbonyl (C=O) groups excluding carboxylic acids is 1. The summed E-state index contributed by atoms with van der Waals surface area (Å²) < 4.78 is 5.55. The number of hydrogen-bond acceptors (Lipinski definition) is 4. The molecule has 0 saturated carbocycles. The van der Waals surface area contributed by atoms with Gasteiger partial charge in [-0.05, 0) is 42.5 Å². The number of fused-ring (bicyclic) bond motifs is 1. The van der Waals surface area contributed by atoms with Crippen LogP contribution in [0.15, 0.2) is 64.3 Å². The molecule has 2 heterocycles. The molecule has 2 atom stereocenters. The van der Waals surface area contributed by atoms with Crippen molar-refractivity contribution in [1.82, 2.24) is 5.16 Å². The third-order valence-corrected chi connectivity index (χ3v) is 6.36. The van der Waals surface area contributed by atoms with Gasteiger partial charge in [-0.25, -0.2) is 0 Å². The number of Topliss-reactive ketones (excluding diaryl/α,β-unsaturated/α-hetero) is 1. The largest absolute Gasteiger partial charge is 0.338 e. The van der Waals surface area contributed by atoms with Crippen LogP contribution in [0.1, 0.15) is 47.1 Å². The van der Waals surface area contributed by atoms with Crippen LogP contribution in [0.3, 0.4) is 0 Å². The Kier molecular flexibility index (Phi) is 4.49. The Balaban J connectivity index is 1.66. The second-order valence-electron chi connectivity index (χ2n) is 7.57. The number of rotatable bonds is 2. The minimum atomic E-state index is -0.318. The maximum atomic E-state index is 13.4. The van der Waals surface area contributed by atoms with Crippen molar-refractivity contribution < 1.29 is 9.32 Å². The Morgan fingerprint density at radius 3 is 2.66 bits per heavy atom. The van der Waals surface area contributed by atoms with Gasteiger partial charge in [0.25, 0.3) is 0 Å². The Morgan fingerprint density at radius 1 is 1.10 bits per heavy atom. The maximum absolute atomic E-state index is 13.4. The summed E-state index contributed by atoms with van der Waals surface area (Å²) in [4.78, 5) is 13.4. The third kappa shape index (κ3) is 3.07. The summed E-state index contributed by atoms with van der Waals surface area (Å²) in [6.07, 6.45) is 1.19. The summed E-state index contributed by atoms with van der Waals surface area (Å²) in [5, 5.41) is 8.56. The van der Waals surface area contributed by atoms with Crippen molar-refractivity contribution in [2.24, 2.45) is 0 Å². The van der Waals surface area contributed by atoms with Crippen LogP contribution >= 0.6 is 23.2 Å². The highest BCUT2D eigenvalue weighted by atomic mass is 35.5. The number of halogens is 2. The first-order valence-corrected chi connectivity index (χ1v) is 10.3. The van der Waals surface area contributed by atoms with E-state index in [1.807, 2.05) is 31.2 Å². The molecule has 0 unspecified atom stereocenters.